The molecule has 4 aliphatic rings. The van der Waals surface area contributed by atoms with E-state index in [1.807, 2.05) is 13.0 Å². The molecule has 4 aromatic rings. The van der Waals surface area contributed by atoms with Crippen molar-refractivity contribution in [2.24, 2.45) is 5.92 Å². The monoisotopic (exact) mass is 603 g/mol. The van der Waals surface area contributed by atoms with Gasteiger partial charge in [0.05, 0.1) is 5.54 Å². The van der Waals surface area contributed by atoms with Gasteiger partial charge in [-0.05, 0) is 90.9 Å². The Morgan fingerprint density at radius 2 is 1.98 bits per heavy atom. The van der Waals surface area contributed by atoms with E-state index in [2.05, 4.69) is 20.1 Å². The molecule has 0 spiro atoms. The number of nitrogens with one attached hydrogen (secondary N) is 1. The minimum Gasteiger partial charge on any atom is -0.508 e. The molecule has 7 nitrogen and oxygen atoms in total. The van der Waals surface area contributed by atoms with Crippen molar-refractivity contribution in [1.29, 1.82) is 0 Å². The molecule has 2 N–H and O–H groups in total. The van der Waals surface area contributed by atoms with Crippen LogP contribution in [0.15, 0.2) is 36.4 Å². The molecular weight excluding hydrogens is 567 g/mol. The molecular formula is C34H36F3N5O2. The Balaban J connectivity index is 1.26. The Morgan fingerprint density at radius 1 is 1.09 bits per heavy atom. The Kier molecular flexibility index (Phi) is 6.64. The van der Waals surface area contributed by atoms with Crippen LogP contribution in [0.3, 0.4) is 0 Å². The van der Waals surface area contributed by atoms with Crippen LogP contribution in [0.1, 0.15) is 38.2 Å². The maximum atomic E-state index is 16.8. The average Bonchev–Trinajstić information content (AvgIpc) is 3.77. The molecule has 44 heavy (non-hydrogen) atoms. The first-order valence-corrected chi connectivity index (χ1v) is 15.8. The van der Waals surface area contributed by atoms with Crippen LogP contribution in [0.25, 0.3) is 32.8 Å². The molecule has 0 aliphatic carbocycles. The third kappa shape index (κ3) is 4.40. The van der Waals surface area contributed by atoms with E-state index in [0.29, 0.717) is 64.4 Å². The summed E-state index contributed by atoms with van der Waals surface area (Å²) in [5.41, 5.74) is 0.788. The zero-order valence-electron chi connectivity index (χ0n) is 24.8. The Bertz CT molecular complexity index is 1770. The number of aromatic hydroxyl groups is 1. The van der Waals surface area contributed by atoms with Crippen LogP contribution in [0, 0.1) is 17.6 Å². The fraction of sp³-hybridized carbons (Fsp3) is 0.471. The van der Waals surface area contributed by atoms with Gasteiger partial charge < -0.3 is 20.1 Å². The molecule has 4 saturated heterocycles. The summed E-state index contributed by atoms with van der Waals surface area (Å²) >= 11 is 0. The molecule has 4 aliphatic heterocycles. The van der Waals surface area contributed by atoms with Crippen LogP contribution in [-0.2, 0) is 6.42 Å². The van der Waals surface area contributed by atoms with E-state index in [1.54, 1.807) is 18.2 Å². The number of phenolic OH excluding ortho intramolecular Hbond substituents is 1. The largest absolute Gasteiger partial charge is 0.508 e. The molecule has 8 rings (SSSR count). The second-order valence-corrected chi connectivity index (χ2v) is 13.0. The molecule has 0 bridgehead atoms. The summed E-state index contributed by atoms with van der Waals surface area (Å²) in [7, 11) is 0. The first-order chi connectivity index (χ1) is 21.3. The Labute approximate surface area is 254 Å². The summed E-state index contributed by atoms with van der Waals surface area (Å²) in [6.07, 6.45) is 2.83. The average molecular weight is 604 g/mol. The van der Waals surface area contributed by atoms with Crippen LogP contribution < -0.4 is 15.0 Å². The lowest BCUT2D eigenvalue weighted by atomic mass is 9.92. The third-order valence-electron chi connectivity index (χ3n) is 10.5. The van der Waals surface area contributed by atoms with Crippen molar-refractivity contribution in [1.82, 2.24) is 20.2 Å². The van der Waals surface area contributed by atoms with Crippen LogP contribution in [-0.4, -0.2) is 77.1 Å². The van der Waals surface area contributed by atoms with Crippen molar-refractivity contribution in [3.05, 3.63) is 53.6 Å². The topological polar surface area (TPSA) is 73.8 Å². The summed E-state index contributed by atoms with van der Waals surface area (Å²) in [4.78, 5) is 13.8. The predicted octanol–water partition coefficient (Wildman–Crippen LogP) is 5.75. The quantitative estimate of drug-likeness (QED) is 0.291. The van der Waals surface area contributed by atoms with E-state index in [0.717, 1.165) is 45.4 Å². The lowest BCUT2D eigenvalue weighted by Gasteiger charge is -2.31. The van der Waals surface area contributed by atoms with Gasteiger partial charge in [-0.15, -0.1) is 0 Å². The summed E-state index contributed by atoms with van der Waals surface area (Å²) in [5, 5.41) is 15.9. The van der Waals surface area contributed by atoms with Crippen LogP contribution in [0.4, 0.5) is 19.0 Å². The van der Waals surface area contributed by atoms with Gasteiger partial charge in [0, 0.05) is 43.0 Å². The van der Waals surface area contributed by atoms with E-state index in [9.17, 15) is 13.9 Å². The number of phenols is 1. The van der Waals surface area contributed by atoms with E-state index in [1.165, 1.54) is 12.1 Å². The molecule has 4 atom stereocenters. The number of rotatable bonds is 6. The number of nitrogens with zero attached hydrogens (tertiary/aromatic N) is 4. The van der Waals surface area contributed by atoms with E-state index >= 15 is 4.39 Å². The molecule has 3 aromatic carbocycles. The molecule has 2 unspecified atom stereocenters. The van der Waals surface area contributed by atoms with Gasteiger partial charge in [0.1, 0.15) is 35.7 Å². The zero-order chi connectivity index (χ0) is 30.2. The number of benzene rings is 3. The van der Waals surface area contributed by atoms with Crippen molar-refractivity contribution in [3.8, 4) is 22.9 Å². The molecule has 0 amide bonds. The molecule has 4 fully saturated rings. The molecule has 0 saturated carbocycles. The number of aryl methyl sites for hydroxylation is 1. The minimum atomic E-state index is -0.890. The predicted molar refractivity (Wildman–Crippen MR) is 164 cm³/mol. The standard InChI is InChI=1S/C34H36F3N5O2/c1-2-23-27(36)7-4-19-12-22(43)13-26(29(19)23)24-5-6-25-31(30(24)37)39-33(40-32(25)41-15-20-8-10-38-28(20)17-41)44-18-34-9-3-11-42(34)16-21(35)14-34/h4-7,12-13,20-21,28,38,43H,2-3,8-11,14-18H2,1H3/t20?,21-,28?,34+/m1/s1. The third-order valence-corrected chi connectivity index (χ3v) is 10.5. The lowest BCUT2D eigenvalue weighted by Crippen LogP contribution is -2.43. The first kappa shape index (κ1) is 27.9. The van der Waals surface area contributed by atoms with Crippen LogP contribution in [0.5, 0.6) is 11.8 Å². The number of hydrogen-bond donors (Lipinski definition) is 2. The van der Waals surface area contributed by atoms with Crippen molar-refractivity contribution >= 4 is 27.5 Å². The molecule has 230 valence electrons. The fourth-order valence-electron chi connectivity index (χ4n) is 8.37. The van der Waals surface area contributed by atoms with Crippen molar-refractivity contribution < 1.29 is 23.0 Å². The van der Waals surface area contributed by atoms with Gasteiger partial charge in [-0.1, -0.05) is 19.1 Å². The van der Waals surface area contributed by atoms with Crippen LogP contribution in [0.2, 0.25) is 0 Å². The van der Waals surface area contributed by atoms with Gasteiger partial charge in [-0.25, -0.2) is 13.2 Å². The number of fused-ring (bicyclic) bond motifs is 4. The summed E-state index contributed by atoms with van der Waals surface area (Å²) in [6, 6.07) is 9.94. The van der Waals surface area contributed by atoms with E-state index < -0.39 is 17.5 Å². The van der Waals surface area contributed by atoms with Crippen molar-refractivity contribution in [2.45, 2.75) is 56.8 Å². The summed E-state index contributed by atoms with van der Waals surface area (Å²) in [5.74, 6) is 0.109. The van der Waals surface area contributed by atoms with Gasteiger partial charge in [0.15, 0.2) is 5.82 Å². The number of alkyl halides is 1. The van der Waals surface area contributed by atoms with Gasteiger partial charge in [0.25, 0.3) is 0 Å². The second-order valence-electron chi connectivity index (χ2n) is 13.0. The van der Waals surface area contributed by atoms with Gasteiger partial charge >= 0.3 is 6.01 Å². The highest BCUT2D eigenvalue weighted by Crippen LogP contribution is 2.43. The highest BCUT2D eigenvalue weighted by atomic mass is 19.1. The van der Waals surface area contributed by atoms with E-state index in [4.69, 9.17) is 9.72 Å². The zero-order valence-corrected chi connectivity index (χ0v) is 24.8. The maximum absolute atomic E-state index is 16.8. The second kappa shape index (κ2) is 10.5. The summed E-state index contributed by atoms with van der Waals surface area (Å²) in [6.45, 7) is 5.88. The van der Waals surface area contributed by atoms with Crippen molar-refractivity contribution in [2.75, 3.05) is 44.2 Å². The van der Waals surface area contributed by atoms with Gasteiger partial charge in [-0.2, -0.15) is 9.97 Å². The van der Waals surface area contributed by atoms with Crippen molar-refractivity contribution in [3.63, 3.8) is 0 Å². The number of halogens is 3. The van der Waals surface area contributed by atoms with E-state index in [-0.39, 0.29) is 35.3 Å². The molecule has 0 radical (unpaired) electrons. The maximum Gasteiger partial charge on any atom is 0.319 e. The number of hydrogen-bond acceptors (Lipinski definition) is 7. The number of anilines is 1. The van der Waals surface area contributed by atoms with Gasteiger partial charge in [-0.3, -0.25) is 4.90 Å². The molecule has 10 heteroatoms. The van der Waals surface area contributed by atoms with Gasteiger partial charge in [0.2, 0.25) is 0 Å². The Morgan fingerprint density at radius 3 is 2.82 bits per heavy atom. The smallest absolute Gasteiger partial charge is 0.319 e. The lowest BCUT2D eigenvalue weighted by molar-refractivity contribution is 0.107. The highest BCUT2D eigenvalue weighted by Gasteiger charge is 2.49. The Hall–Kier alpha value is -3.63. The van der Waals surface area contributed by atoms with Crippen LogP contribution >= 0.6 is 0 Å². The highest BCUT2D eigenvalue weighted by molar-refractivity contribution is 6.03. The molecule has 1 aromatic heterocycles. The fourth-order valence-corrected chi connectivity index (χ4v) is 8.37. The first-order valence-electron chi connectivity index (χ1n) is 15.8. The minimum absolute atomic E-state index is 0.0349. The number of ether oxygens (including phenoxy) is 1. The SMILES string of the molecule is CCc1c(F)ccc2cc(O)cc(-c3ccc4c(N5CC6CCNC6C5)nc(OC[C@@]56CCCN5C[C@H](F)C6)nc4c3F)c12. The number of aromatic nitrogens is 2. The molecule has 5 heterocycles. The summed E-state index contributed by atoms with van der Waals surface area (Å²) < 4.78 is 52.5. The normalized spacial score (nSPS) is 26.6.